The van der Waals surface area contributed by atoms with E-state index in [0.29, 0.717) is 25.6 Å². The van der Waals surface area contributed by atoms with Gasteiger partial charge in [-0.05, 0) is 49.8 Å². The van der Waals surface area contributed by atoms with E-state index in [1.807, 2.05) is 30.5 Å². The molecular formula is C21H31IN4O3. The molecule has 0 aliphatic heterocycles. The average Bonchev–Trinajstić information content (AvgIpc) is 3.41. The molecule has 2 N–H and O–H groups in total. The van der Waals surface area contributed by atoms with E-state index in [0.717, 1.165) is 49.3 Å². The highest BCUT2D eigenvalue weighted by atomic mass is 127. The molecule has 0 unspecified atom stereocenters. The predicted molar refractivity (Wildman–Crippen MR) is 124 cm³/mol. The number of hydrogen-bond acceptors (Lipinski definition) is 5. The van der Waals surface area contributed by atoms with Crippen molar-refractivity contribution < 1.29 is 13.9 Å². The maximum Gasteiger partial charge on any atom is 0.213 e. The number of nitrogens with one attached hydrogen (secondary N) is 2. The van der Waals surface area contributed by atoms with Gasteiger partial charge in [-0.15, -0.1) is 24.0 Å². The molecule has 0 amide bonds. The first kappa shape index (κ1) is 23.5. The first-order valence-corrected chi connectivity index (χ1v) is 10.0. The minimum atomic E-state index is 0. The minimum Gasteiger partial charge on any atom is -0.477 e. The largest absolute Gasteiger partial charge is 0.477 e. The van der Waals surface area contributed by atoms with E-state index >= 15 is 0 Å². The maximum absolute atomic E-state index is 5.67. The Balaban J connectivity index is 0.00000300. The van der Waals surface area contributed by atoms with Gasteiger partial charge in [-0.3, -0.25) is 0 Å². The highest BCUT2D eigenvalue weighted by molar-refractivity contribution is 14.0. The van der Waals surface area contributed by atoms with Gasteiger partial charge in [0.1, 0.15) is 12.4 Å². The molecule has 0 aromatic carbocycles. The molecule has 1 aliphatic carbocycles. The molecule has 2 aromatic heterocycles. The van der Waals surface area contributed by atoms with E-state index in [9.17, 15) is 0 Å². The zero-order chi connectivity index (χ0) is 19.4. The molecule has 0 saturated heterocycles. The molecule has 29 heavy (non-hydrogen) atoms. The summed E-state index contributed by atoms with van der Waals surface area (Å²) in [5.41, 5.74) is 1.05. The third kappa shape index (κ3) is 9.49. The molecule has 0 spiro atoms. The molecular weight excluding hydrogens is 483 g/mol. The van der Waals surface area contributed by atoms with Gasteiger partial charge in [0.25, 0.3) is 0 Å². The molecule has 0 atom stereocenters. The number of rotatable bonds is 12. The van der Waals surface area contributed by atoms with Crippen LogP contribution in [0.2, 0.25) is 0 Å². The Morgan fingerprint density at radius 2 is 2.17 bits per heavy atom. The number of pyridine rings is 1. The van der Waals surface area contributed by atoms with Crippen LogP contribution in [0.15, 0.2) is 46.1 Å². The zero-order valence-electron chi connectivity index (χ0n) is 16.9. The quantitative estimate of drug-likeness (QED) is 0.195. The van der Waals surface area contributed by atoms with Crippen LogP contribution in [0.25, 0.3) is 0 Å². The third-order valence-electron chi connectivity index (χ3n) is 4.31. The lowest BCUT2D eigenvalue weighted by Crippen LogP contribution is -2.38. The predicted octanol–water partition coefficient (Wildman–Crippen LogP) is 3.74. The highest BCUT2D eigenvalue weighted by Crippen LogP contribution is 2.29. The summed E-state index contributed by atoms with van der Waals surface area (Å²) in [6.45, 7) is 6.18. The smallest absolute Gasteiger partial charge is 0.213 e. The van der Waals surface area contributed by atoms with Crippen LogP contribution in [0.3, 0.4) is 0 Å². The van der Waals surface area contributed by atoms with Gasteiger partial charge in [0.15, 0.2) is 5.96 Å². The molecule has 0 bridgehead atoms. The van der Waals surface area contributed by atoms with Gasteiger partial charge in [-0.25, -0.2) is 9.98 Å². The van der Waals surface area contributed by atoms with Crippen LogP contribution in [-0.2, 0) is 17.9 Å². The topological polar surface area (TPSA) is 80.9 Å². The minimum absolute atomic E-state index is 0. The number of aromatic nitrogens is 1. The lowest BCUT2D eigenvalue weighted by molar-refractivity contribution is 0.105. The summed E-state index contributed by atoms with van der Waals surface area (Å²) in [5.74, 6) is 3.07. The van der Waals surface area contributed by atoms with Crippen molar-refractivity contribution in [1.82, 2.24) is 15.6 Å². The van der Waals surface area contributed by atoms with E-state index in [4.69, 9.17) is 13.9 Å². The lowest BCUT2D eigenvalue weighted by Gasteiger charge is -2.11. The Morgan fingerprint density at radius 3 is 2.86 bits per heavy atom. The first-order chi connectivity index (χ1) is 13.8. The van der Waals surface area contributed by atoms with Crippen molar-refractivity contribution in [3.05, 3.63) is 48.0 Å². The summed E-state index contributed by atoms with van der Waals surface area (Å²) >= 11 is 0. The van der Waals surface area contributed by atoms with Crippen LogP contribution >= 0.6 is 24.0 Å². The summed E-state index contributed by atoms with van der Waals surface area (Å²) in [7, 11) is 0. The fourth-order valence-corrected chi connectivity index (χ4v) is 2.54. The number of halogens is 1. The monoisotopic (exact) mass is 514 g/mol. The Bertz CT molecular complexity index is 703. The highest BCUT2D eigenvalue weighted by Gasteiger charge is 2.21. The summed E-state index contributed by atoms with van der Waals surface area (Å²) in [5, 5.41) is 6.58. The number of aliphatic imine (C=N–C) groups is 1. The number of nitrogens with zero attached hydrogens (tertiary/aromatic N) is 2. The fourth-order valence-electron chi connectivity index (χ4n) is 2.54. The molecule has 160 valence electrons. The van der Waals surface area contributed by atoms with Gasteiger partial charge in [-0.2, -0.15) is 0 Å². The maximum atomic E-state index is 5.67. The summed E-state index contributed by atoms with van der Waals surface area (Å²) in [4.78, 5) is 8.98. The summed E-state index contributed by atoms with van der Waals surface area (Å²) in [6.07, 6.45) is 6.94. The zero-order valence-corrected chi connectivity index (χ0v) is 19.3. The van der Waals surface area contributed by atoms with Gasteiger partial charge < -0.3 is 24.5 Å². The van der Waals surface area contributed by atoms with Crippen LogP contribution < -0.4 is 15.4 Å². The fraction of sp³-hybridized carbons (Fsp3) is 0.524. The number of guanidine groups is 1. The van der Waals surface area contributed by atoms with Crippen molar-refractivity contribution in [3.8, 4) is 5.88 Å². The Hall–Kier alpha value is -1.81. The molecule has 2 heterocycles. The second-order valence-corrected chi connectivity index (χ2v) is 6.87. The van der Waals surface area contributed by atoms with Crippen LogP contribution in [-0.4, -0.2) is 37.2 Å². The molecule has 2 aromatic rings. The SMILES string of the molecule is CCNC(=NCc1ccc(OCC2CC2)nc1)NCCCOCc1ccco1.I. The average molecular weight is 514 g/mol. The van der Waals surface area contributed by atoms with Gasteiger partial charge in [0.2, 0.25) is 5.88 Å². The normalized spacial score (nSPS) is 13.6. The van der Waals surface area contributed by atoms with Crippen molar-refractivity contribution >= 4 is 29.9 Å². The van der Waals surface area contributed by atoms with E-state index in [-0.39, 0.29) is 24.0 Å². The number of furan rings is 1. The number of ether oxygens (including phenoxy) is 2. The summed E-state index contributed by atoms with van der Waals surface area (Å²) < 4.78 is 16.5. The lowest BCUT2D eigenvalue weighted by atomic mass is 10.3. The van der Waals surface area contributed by atoms with Crippen molar-refractivity contribution in [3.63, 3.8) is 0 Å². The second kappa shape index (κ2) is 13.4. The van der Waals surface area contributed by atoms with Crippen molar-refractivity contribution in [1.29, 1.82) is 0 Å². The van der Waals surface area contributed by atoms with Crippen molar-refractivity contribution in [2.24, 2.45) is 10.9 Å². The Labute approximate surface area is 189 Å². The van der Waals surface area contributed by atoms with Crippen LogP contribution in [0.5, 0.6) is 5.88 Å². The van der Waals surface area contributed by atoms with Crippen LogP contribution in [0.1, 0.15) is 37.5 Å². The Morgan fingerprint density at radius 1 is 1.28 bits per heavy atom. The first-order valence-electron chi connectivity index (χ1n) is 10.0. The van der Waals surface area contributed by atoms with Gasteiger partial charge >= 0.3 is 0 Å². The molecule has 7 nitrogen and oxygen atoms in total. The standard InChI is InChI=1S/C21H30N4O3.HI/c1-2-22-21(23-10-4-11-26-16-19-5-3-12-27-19)25-14-18-8-9-20(24-13-18)28-15-17-6-7-17;/h3,5,8-9,12-13,17H,2,4,6-7,10-11,14-16H2,1H3,(H2,22,23,25);1H. The molecule has 8 heteroatoms. The summed E-state index contributed by atoms with van der Waals surface area (Å²) in [6, 6.07) is 7.72. The van der Waals surface area contributed by atoms with Crippen molar-refractivity contribution in [2.45, 2.75) is 39.3 Å². The van der Waals surface area contributed by atoms with Gasteiger partial charge in [0.05, 0.1) is 19.4 Å². The molecule has 3 rings (SSSR count). The molecule has 1 fully saturated rings. The number of hydrogen-bond donors (Lipinski definition) is 2. The van der Waals surface area contributed by atoms with Crippen molar-refractivity contribution in [2.75, 3.05) is 26.3 Å². The molecule has 1 saturated carbocycles. The van der Waals surface area contributed by atoms with Gasteiger partial charge in [-0.1, -0.05) is 6.07 Å². The third-order valence-corrected chi connectivity index (χ3v) is 4.31. The van der Waals surface area contributed by atoms with Crippen LogP contribution in [0, 0.1) is 5.92 Å². The molecule has 1 aliphatic rings. The Kier molecular flexibility index (Phi) is 10.9. The molecule has 0 radical (unpaired) electrons. The van der Waals surface area contributed by atoms with E-state index in [1.54, 1.807) is 6.26 Å². The van der Waals surface area contributed by atoms with Crippen LogP contribution in [0.4, 0.5) is 0 Å². The van der Waals surface area contributed by atoms with E-state index < -0.39 is 0 Å². The van der Waals surface area contributed by atoms with Gasteiger partial charge in [0, 0.05) is 32.0 Å². The van der Waals surface area contributed by atoms with E-state index in [1.165, 1.54) is 12.8 Å². The van der Waals surface area contributed by atoms with E-state index in [2.05, 4.69) is 27.5 Å². The second-order valence-electron chi connectivity index (χ2n) is 6.87.